The molecule has 2 saturated heterocycles. The van der Waals surface area contributed by atoms with E-state index in [4.69, 9.17) is 9.47 Å². The van der Waals surface area contributed by atoms with Gasteiger partial charge in [0.1, 0.15) is 5.82 Å². The molecule has 1 atom stereocenters. The second kappa shape index (κ2) is 12.6. The summed E-state index contributed by atoms with van der Waals surface area (Å²) in [6.07, 6.45) is 6.07. The number of guanidine groups is 1. The first-order valence-electron chi connectivity index (χ1n) is 10.3. The fraction of sp³-hybridized carbons (Fsp3) is 0.667. The summed E-state index contributed by atoms with van der Waals surface area (Å²) in [6, 6.07) is 6.82. The molecule has 0 saturated carbocycles. The number of hydrogen-bond acceptors (Lipinski definition) is 3. The Morgan fingerprint density at radius 3 is 2.71 bits per heavy atom. The van der Waals surface area contributed by atoms with Crippen LogP contribution in [0.1, 0.15) is 44.6 Å². The van der Waals surface area contributed by atoms with Gasteiger partial charge in [0.2, 0.25) is 0 Å². The van der Waals surface area contributed by atoms with E-state index in [0.29, 0.717) is 24.8 Å². The van der Waals surface area contributed by atoms with E-state index >= 15 is 0 Å². The van der Waals surface area contributed by atoms with Gasteiger partial charge in [0.05, 0.1) is 25.4 Å². The molecule has 2 aliphatic rings. The number of benzene rings is 1. The summed E-state index contributed by atoms with van der Waals surface area (Å²) >= 11 is 0. The van der Waals surface area contributed by atoms with Crippen LogP contribution in [0.2, 0.25) is 0 Å². The van der Waals surface area contributed by atoms with Gasteiger partial charge >= 0.3 is 0 Å². The molecule has 0 aromatic heterocycles. The predicted octanol–water partition coefficient (Wildman–Crippen LogP) is 3.96. The molecule has 28 heavy (non-hydrogen) atoms. The molecule has 5 nitrogen and oxygen atoms in total. The SMILES string of the molecule is CCNC(=NCc1ccccc1F)N1CCC(OCC2CCCCO2)CC1.I. The maximum Gasteiger partial charge on any atom is 0.194 e. The van der Waals surface area contributed by atoms with Crippen molar-refractivity contribution in [3.63, 3.8) is 0 Å². The summed E-state index contributed by atoms with van der Waals surface area (Å²) in [5, 5.41) is 3.33. The van der Waals surface area contributed by atoms with Gasteiger partial charge in [-0.2, -0.15) is 0 Å². The lowest BCUT2D eigenvalue weighted by Crippen LogP contribution is -2.47. The molecule has 2 heterocycles. The van der Waals surface area contributed by atoms with Crippen LogP contribution in [0.25, 0.3) is 0 Å². The highest BCUT2D eigenvalue weighted by Crippen LogP contribution is 2.18. The maximum atomic E-state index is 13.8. The van der Waals surface area contributed by atoms with Crippen molar-refractivity contribution in [3.05, 3.63) is 35.6 Å². The topological polar surface area (TPSA) is 46.1 Å². The maximum absolute atomic E-state index is 13.8. The lowest BCUT2D eigenvalue weighted by atomic mass is 10.1. The number of hydrogen-bond donors (Lipinski definition) is 1. The molecule has 1 unspecified atom stereocenters. The van der Waals surface area contributed by atoms with Crippen molar-refractivity contribution in [2.75, 3.05) is 32.8 Å². The van der Waals surface area contributed by atoms with Gasteiger partial charge in [0.25, 0.3) is 0 Å². The van der Waals surface area contributed by atoms with Crippen molar-refractivity contribution in [2.24, 2.45) is 4.99 Å². The minimum atomic E-state index is -0.200. The van der Waals surface area contributed by atoms with Crippen molar-refractivity contribution in [2.45, 2.75) is 57.8 Å². The third-order valence-corrected chi connectivity index (χ3v) is 5.23. The van der Waals surface area contributed by atoms with Crippen LogP contribution in [0.5, 0.6) is 0 Å². The molecule has 2 aliphatic heterocycles. The van der Waals surface area contributed by atoms with E-state index in [1.165, 1.54) is 18.9 Å². The summed E-state index contributed by atoms with van der Waals surface area (Å²) in [7, 11) is 0. The van der Waals surface area contributed by atoms with Crippen molar-refractivity contribution < 1.29 is 13.9 Å². The number of likely N-dealkylation sites (tertiary alicyclic amines) is 1. The molecule has 1 aromatic rings. The molecule has 3 rings (SSSR count). The second-order valence-electron chi connectivity index (χ2n) is 7.27. The van der Waals surface area contributed by atoms with Crippen molar-refractivity contribution in [1.29, 1.82) is 0 Å². The first-order chi connectivity index (χ1) is 13.3. The highest BCUT2D eigenvalue weighted by atomic mass is 127. The number of halogens is 2. The van der Waals surface area contributed by atoms with Crippen molar-refractivity contribution >= 4 is 29.9 Å². The van der Waals surface area contributed by atoms with E-state index in [1.807, 2.05) is 6.07 Å². The number of rotatable bonds is 6. The predicted molar refractivity (Wildman–Crippen MR) is 121 cm³/mol. The quantitative estimate of drug-likeness (QED) is 0.361. The Bertz CT molecular complexity index is 603. The normalized spacial score (nSPS) is 21.3. The molecule has 7 heteroatoms. The lowest BCUT2D eigenvalue weighted by Gasteiger charge is -2.35. The number of ether oxygens (including phenoxy) is 2. The van der Waals surface area contributed by atoms with E-state index in [0.717, 1.165) is 51.5 Å². The standard InChI is InChI=1S/C21H32FN3O2.HI/c1-2-23-21(24-15-17-7-3-4-9-20(17)22)25-12-10-18(11-13-25)27-16-19-8-5-6-14-26-19;/h3-4,7,9,18-19H,2,5-6,8,10-16H2,1H3,(H,23,24);1H. The second-order valence-corrected chi connectivity index (χ2v) is 7.27. The van der Waals surface area contributed by atoms with E-state index < -0.39 is 0 Å². The smallest absolute Gasteiger partial charge is 0.194 e. The molecule has 0 aliphatic carbocycles. The zero-order valence-electron chi connectivity index (χ0n) is 16.7. The summed E-state index contributed by atoms with van der Waals surface area (Å²) in [6.45, 7) is 6.59. The zero-order valence-corrected chi connectivity index (χ0v) is 19.1. The van der Waals surface area contributed by atoms with Crippen LogP contribution < -0.4 is 5.32 Å². The van der Waals surface area contributed by atoms with Crippen molar-refractivity contribution in [1.82, 2.24) is 10.2 Å². The zero-order chi connectivity index (χ0) is 18.9. The molecule has 0 radical (unpaired) electrons. The molecule has 158 valence electrons. The minimum absolute atomic E-state index is 0. The van der Waals surface area contributed by atoms with Crippen LogP contribution in [0.3, 0.4) is 0 Å². The van der Waals surface area contributed by atoms with Gasteiger partial charge in [-0.1, -0.05) is 18.2 Å². The van der Waals surface area contributed by atoms with E-state index in [2.05, 4.69) is 22.1 Å². The third-order valence-electron chi connectivity index (χ3n) is 5.23. The van der Waals surface area contributed by atoms with Gasteiger partial charge in [-0.05, 0) is 45.1 Å². The highest BCUT2D eigenvalue weighted by Gasteiger charge is 2.23. The van der Waals surface area contributed by atoms with E-state index in [1.54, 1.807) is 12.1 Å². The van der Waals surface area contributed by atoms with Crippen LogP contribution in [0.4, 0.5) is 4.39 Å². The van der Waals surface area contributed by atoms with Gasteiger partial charge < -0.3 is 19.7 Å². The van der Waals surface area contributed by atoms with E-state index in [-0.39, 0.29) is 35.9 Å². The fourth-order valence-corrected chi connectivity index (χ4v) is 3.63. The van der Waals surface area contributed by atoms with Gasteiger partial charge in [-0.25, -0.2) is 9.38 Å². The Labute approximate surface area is 185 Å². The van der Waals surface area contributed by atoms with Crippen LogP contribution in [-0.2, 0) is 16.0 Å². The number of aliphatic imine (C=N–C) groups is 1. The summed E-state index contributed by atoms with van der Waals surface area (Å²) < 4.78 is 25.7. The van der Waals surface area contributed by atoms with Crippen LogP contribution in [0.15, 0.2) is 29.3 Å². The Balaban J connectivity index is 0.00000280. The van der Waals surface area contributed by atoms with Crippen LogP contribution in [0, 0.1) is 5.82 Å². The molecule has 1 aromatic carbocycles. The van der Waals surface area contributed by atoms with Crippen LogP contribution in [-0.4, -0.2) is 55.9 Å². The Kier molecular flexibility index (Phi) is 10.5. The number of nitrogens with zero attached hydrogens (tertiary/aromatic N) is 2. The summed E-state index contributed by atoms with van der Waals surface area (Å²) in [4.78, 5) is 6.89. The molecule has 0 bridgehead atoms. The molecular weight excluding hydrogens is 472 g/mol. The molecule has 2 fully saturated rings. The van der Waals surface area contributed by atoms with Gasteiger partial charge in [0, 0.05) is 31.8 Å². The monoisotopic (exact) mass is 505 g/mol. The number of piperidine rings is 1. The molecular formula is C21H33FIN3O2. The lowest BCUT2D eigenvalue weighted by molar-refractivity contribution is -0.0721. The minimum Gasteiger partial charge on any atom is -0.376 e. The van der Waals surface area contributed by atoms with E-state index in [9.17, 15) is 4.39 Å². The summed E-state index contributed by atoms with van der Waals surface area (Å²) in [5.41, 5.74) is 0.624. The molecule has 1 N–H and O–H groups in total. The number of nitrogens with one attached hydrogen (secondary N) is 1. The molecule has 0 spiro atoms. The first kappa shape index (κ1) is 23.3. The average Bonchev–Trinajstić information content (AvgIpc) is 2.72. The Morgan fingerprint density at radius 1 is 1.25 bits per heavy atom. The summed E-state index contributed by atoms with van der Waals surface area (Å²) in [5.74, 6) is 0.656. The third kappa shape index (κ3) is 7.15. The highest BCUT2D eigenvalue weighted by molar-refractivity contribution is 14.0. The Hall–Kier alpha value is -0.930. The van der Waals surface area contributed by atoms with Crippen LogP contribution >= 0.6 is 24.0 Å². The Morgan fingerprint density at radius 2 is 2.04 bits per heavy atom. The van der Waals surface area contributed by atoms with Gasteiger partial charge in [-0.15, -0.1) is 24.0 Å². The van der Waals surface area contributed by atoms with Gasteiger partial charge in [-0.3, -0.25) is 0 Å². The first-order valence-corrected chi connectivity index (χ1v) is 10.3. The van der Waals surface area contributed by atoms with Gasteiger partial charge in [0.15, 0.2) is 5.96 Å². The largest absolute Gasteiger partial charge is 0.376 e. The van der Waals surface area contributed by atoms with Crippen molar-refractivity contribution in [3.8, 4) is 0 Å². The average molecular weight is 505 g/mol. The fourth-order valence-electron chi connectivity index (χ4n) is 3.63. The molecule has 0 amide bonds.